The summed E-state index contributed by atoms with van der Waals surface area (Å²) in [7, 11) is 0. The van der Waals surface area contributed by atoms with Crippen LogP contribution in [0.25, 0.3) is 0 Å². The van der Waals surface area contributed by atoms with Crippen LogP contribution in [0.1, 0.15) is 17.7 Å². The summed E-state index contributed by atoms with van der Waals surface area (Å²) >= 11 is 7.25. The van der Waals surface area contributed by atoms with Crippen molar-refractivity contribution < 1.29 is 9.53 Å². The normalized spacial score (nSPS) is 24.9. The van der Waals surface area contributed by atoms with E-state index in [9.17, 15) is 4.79 Å². The van der Waals surface area contributed by atoms with Crippen LogP contribution in [0.15, 0.2) is 12.1 Å². The van der Waals surface area contributed by atoms with Gasteiger partial charge in [0.1, 0.15) is 6.10 Å². The fraction of sp³-hybridized carbons (Fsp3) is 0.545. The Morgan fingerprint density at radius 1 is 1.56 bits per heavy atom. The predicted molar refractivity (Wildman–Crippen MR) is 65.0 cm³/mol. The molecule has 0 saturated carbocycles. The highest BCUT2D eigenvalue weighted by Gasteiger charge is 2.29. The summed E-state index contributed by atoms with van der Waals surface area (Å²) in [6.07, 6.45) is 1.88. The van der Waals surface area contributed by atoms with Crippen LogP contribution in [0, 0.1) is 0 Å². The zero-order valence-corrected chi connectivity index (χ0v) is 10.4. The van der Waals surface area contributed by atoms with Crippen molar-refractivity contribution in [3.63, 3.8) is 0 Å². The second kappa shape index (κ2) is 5.27. The maximum absolute atomic E-state index is 11.9. The third-order valence-electron chi connectivity index (χ3n) is 2.71. The van der Waals surface area contributed by atoms with Crippen LogP contribution in [0.2, 0.25) is 4.34 Å². The molecule has 1 saturated heterocycles. The monoisotopic (exact) mass is 259 g/mol. The minimum absolute atomic E-state index is 0.0564. The number of nitrogens with two attached hydrogens (primary N) is 1. The lowest BCUT2D eigenvalue weighted by Crippen LogP contribution is -2.26. The smallest absolute Gasteiger partial charge is 0.166 e. The van der Waals surface area contributed by atoms with E-state index in [1.54, 1.807) is 0 Å². The summed E-state index contributed by atoms with van der Waals surface area (Å²) in [6, 6.07) is 3.70. The number of carbonyl (C=O) groups is 1. The average Bonchev–Trinajstić information content (AvgIpc) is 2.87. The van der Waals surface area contributed by atoms with Crippen LogP contribution in [0.3, 0.4) is 0 Å². The Morgan fingerprint density at radius 2 is 2.38 bits per heavy atom. The molecule has 0 amide bonds. The molecule has 1 aliphatic heterocycles. The van der Waals surface area contributed by atoms with Gasteiger partial charge in [-0.2, -0.15) is 0 Å². The number of thiophene rings is 1. The van der Waals surface area contributed by atoms with Crippen molar-refractivity contribution in [3.8, 4) is 0 Å². The van der Waals surface area contributed by atoms with E-state index in [2.05, 4.69) is 0 Å². The topological polar surface area (TPSA) is 52.3 Å². The highest BCUT2D eigenvalue weighted by molar-refractivity contribution is 7.16. The molecule has 0 bridgehead atoms. The third kappa shape index (κ3) is 2.83. The van der Waals surface area contributed by atoms with Gasteiger partial charge in [0, 0.05) is 17.8 Å². The number of hydrogen-bond donors (Lipinski definition) is 1. The predicted octanol–water partition coefficient (Wildman–Crippen LogP) is 2.02. The first kappa shape index (κ1) is 12.0. The molecule has 5 heteroatoms. The van der Waals surface area contributed by atoms with Gasteiger partial charge in [-0.1, -0.05) is 11.6 Å². The van der Waals surface area contributed by atoms with E-state index in [0.29, 0.717) is 13.0 Å². The lowest BCUT2D eigenvalue weighted by atomic mass is 10.1. The van der Waals surface area contributed by atoms with Crippen molar-refractivity contribution in [2.45, 2.75) is 31.5 Å². The van der Waals surface area contributed by atoms with Crippen LogP contribution in [-0.4, -0.2) is 24.5 Å². The Bertz CT molecular complexity index is 380. The minimum Gasteiger partial charge on any atom is -0.366 e. The quantitative estimate of drug-likeness (QED) is 0.900. The van der Waals surface area contributed by atoms with Gasteiger partial charge >= 0.3 is 0 Å². The Morgan fingerprint density at radius 3 is 2.94 bits per heavy atom. The molecule has 1 aliphatic rings. The highest BCUT2D eigenvalue weighted by Crippen LogP contribution is 2.25. The van der Waals surface area contributed by atoms with Crippen molar-refractivity contribution in [2.24, 2.45) is 5.73 Å². The van der Waals surface area contributed by atoms with Crippen LogP contribution >= 0.6 is 22.9 Å². The molecule has 0 spiro atoms. The average molecular weight is 260 g/mol. The molecule has 2 heterocycles. The first-order valence-electron chi connectivity index (χ1n) is 5.31. The molecule has 0 aromatic carbocycles. The van der Waals surface area contributed by atoms with Gasteiger partial charge in [0.15, 0.2) is 5.78 Å². The van der Waals surface area contributed by atoms with E-state index in [4.69, 9.17) is 22.1 Å². The second-order valence-corrected chi connectivity index (χ2v) is 5.71. The van der Waals surface area contributed by atoms with Gasteiger partial charge in [-0.15, -0.1) is 11.3 Å². The summed E-state index contributed by atoms with van der Waals surface area (Å²) < 4.78 is 6.27. The van der Waals surface area contributed by atoms with Gasteiger partial charge in [0.25, 0.3) is 0 Å². The number of carbonyl (C=O) groups excluding carboxylic acids is 1. The van der Waals surface area contributed by atoms with Gasteiger partial charge in [0.2, 0.25) is 0 Å². The molecule has 1 aromatic rings. The zero-order chi connectivity index (χ0) is 11.5. The van der Waals surface area contributed by atoms with Crippen LogP contribution in [0.4, 0.5) is 0 Å². The Balaban J connectivity index is 1.89. The molecule has 16 heavy (non-hydrogen) atoms. The number of rotatable bonds is 4. The number of ether oxygens (including phenoxy) is 1. The SMILES string of the molecule is NCC1CCC(C(=O)Cc2ccc(Cl)s2)O1. The van der Waals surface area contributed by atoms with E-state index >= 15 is 0 Å². The molecule has 2 atom stereocenters. The summed E-state index contributed by atoms with van der Waals surface area (Å²) in [4.78, 5) is 12.9. The molecule has 2 unspecified atom stereocenters. The summed E-state index contributed by atoms with van der Waals surface area (Å²) in [6.45, 7) is 0.495. The van der Waals surface area contributed by atoms with Crippen LogP contribution in [-0.2, 0) is 16.0 Å². The van der Waals surface area contributed by atoms with Crippen molar-refractivity contribution in [3.05, 3.63) is 21.3 Å². The molecule has 2 N–H and O–H groups in total. The maximum atomic E-state index is 11.9. The fourth-order valence-corrected chi connectivity index (χ4v) is 2.95. The van der Waals surface area contributed by atoms with Gasteiger partial charge in [0.05, 0.1) is 10.4 Å². The van der Waals surface area contributed by atoms with Crippen molar-refractivity contribution in [1.29, 1.82) is 0 Å². The Labute approximate surface area is 104 Å². The number of ketones is 1. The molecular formula is C11H14ClNO2S. The van der Waals surface area contributed by atoms with Crippen LogP contribution in [0.5, 0.6) is 0 Å². The van der Waals surface area contributed by atoms with E-state index in [0.717, 1.165) is 22.1 Å². The molecular weight excluding hydrogens is 246 g/mol. The summed E-state index contributed by atoms with van der Waals surface area (Å²) in [5.74, 6) is 0.134. The number of Topliss-reactive ketones (excluding diaryl/α,β-unsaturated/α-hetero) is 1. The molecule has 1 aromatic heterocycles. The van der Waals surface area contributed by atoms with Crippen LogP contribution < -0.4 is 5.73 Å². The third-order valence-corrected chi connectivity index (χ3v) is 3.94. The number of halogens is 1. The molecule has 1 fully saturated rings. The van der Waals surface area contributed by atoms with Gasteiger partial charge in [-0.25, -0.2) is 0 Å². The Hall–Kier alpha value is -0.420. The van der Waals surface area contributed by atoms with E-state index in [-0.39, 0.29) is 18.0 Å². The molecule has 2 rings (SSSR count). The lowest BCUT2D eigenvalue weighted by molar-refractivity contribution is -0.128. The van der Waals surface area contributed by atoms with Crippen molar-refractivity contribution >= 4 is 28.7 Å². The first-order valence-corrected chi connectivity index (χ1v) is 6.51. The molecule has 88 valence electrons. The highest BCUT2D eigenvalue weighted by atomic mass is 35.5. The van der Waals surface area contributed by atoms with Gasteiger partial charge in [-0.3, -0.25) is 4.79 Å². The fourth-order valence-electron chi connectivity index (χ4n) is 1.85. The summed E-state index contributed by atoms with van der Waals surface area (Å²) in [5, 5.41) is 0. The van der Waals surface area contributed by atoms with Gasteiger partial charge < -0.3 is 10.5 Å². The molecule has 0 radical (unpaired) electrons. The number of hydrogen-bond acceptors (Lipinski definition) is 4. The molecule has 0 aliphatic carbocycles. The van der Waals surface area contributed by atoms with E-state index < -0.39 is 0 Å². The van der Waals surface area contributed by atoms with Gasteiger partial charge in [-0.05, 0) is 25.0 Å². The second-order valence-electron chi connectivity index (χ2n) is 3.91. The van der Waals surface area contributed by atoms with E-state index in [1.807, 2.05) is 12.1 Å². The minimum atomic E-state index is -0.269. The Kier molecular flexibility index (Phi) is 3.97. The lowest BCUT2D eigenvalue weighted by Gasteiger charge is -2.10. The molecule has 3 nitrogen and oxygen atoms in total. The van der Waals surface area contributed by atoms with Crippen molar-refractivity contribution in [1.82, 2.24) is 0 Å². The largest absolute Gasteiger partial charge is 0.366 e. The standard InChI is InChI=1S/C11H14ClNO2S/c12-11-4-2-8(16-11)5-9(14)10-3-1-7(6-13)15-10/h2,4,7,10H,1,3,5-6,13H2. The zero-order valence-electron chi connectivity index (χ0n) is 8.82. The van der Waals surface area contributed by atoms with E-state index in [1.165, 1.54) is 11.3 Å². The maximum Gasteiger partial charge on any atom is 0.166 e. The van der Waals surface area contributed by atoms with Crippen molar-refractivity contribution in [2.75, 3.05) is 6.54 Å². The first-order chi connectivity index (χ1) is 7.69. The summed E-state index contributed by atoms with van der Waals surface area (Å²) in [5.41, 5.74) is 5.50.